The number of ketones is 1. The van der Waals surface area contributed by atoms with E-state index in [0.29, 0.717) is 30.0 Å². The molecule has 1 amide bonds. The first kappa shape index (κ1) is 20.4. The molecule has 28 heavy (non-hydrogen) atoms. The Kier molecular flexibility index (Phi) is 5.79. The van der Waals surface area contributed by atoms with Crippen LogP contribution in [0.2, 0.25) is 5.02 Å². The number of alkyl halides is 3. The number of aryl methyl sites for hydroxylation is 1. The summed E-state index contributed by atoms with van der Waals surface area (Å²) in [6.07, 6.45) is -3.24. The van der Waals surface area contributed by atoms with E-state index in [2.05, 4.69) is 0 Å². The van der Waals surface area contributed by atoms with E-state index in [0.717, 1.165) is 17.7 Å². The molecule has 0 saturated carbocycles. The van der Waals surface area contributed by atoms with Gasteiger partial charge in [0.2, 0.25) is 0 Å². The lowest BCUT2D eigenvalue weighted by Crippen LogP contribution is -2.41. The molecule has 0 N–H and O–H groups in total. The highest BCUT2D eigenvalue weighted by Gasteiger charge is 2.36. The Balaban J connectivity index is 1.80. The summed E-state index contributed by atoms with van der Waals surface area (Å²) >= 11 is 5.85. The number of likely N-dealkylation sites (tertiary alicyclic amines) is 1. The van der Waals surface area contributed by atoms with Gasteiger partial charge in [-0.05, 0) is 61.2 Å². The molecule has 1 fully saturated rings. The number of rotatable bonds is 4. The van der Waals surface area contributed by atoms with Crippen molar-refractivity contribution in [2.24, 2.45) is 0 Å². The van der Waals surface area contributed by atoms with Gasteiger partial charge in [-0.25, -0.2) is 0 Å². The molecule has 3 nitrogen and oxygen atoms in total. The van der Waals surface area contributed by atoms with E-state index in [9.17, 15) is 22.8 Å². The average molecular weight is 410 g/mol. The molecule has 0 spiro atoms. The summed E-state index contributed by atoms with van der Waals surface area (Å²) in [7, 11) is 0. The zero-order valence-corrected chi connectivity index (χ0v) is 16.0. The van der Waals surface area contributed by atoms with Crippen molar-refractivity contribution >= 4 is 23.3 Å². The van der Waals surface area contributed by atoms with Crippen LogP contribution in [0, 0.1) is 6.92 Å². The molecule has 148 valence electrons. The Labute approximate surface area is 166 Å². The van der Waals surface area contributed by atoms with Gasteiger partial charge in [0.15, 0.2) is 5.78 Å². The zero-order valence-electron chi connectivity index (χ0n) is 15.2. The van der Waals surface area contributed by atoms with Crippen LogP contribution in [-0.2, 0) is 17.4 Å². The number of Topliss-reactive ketones (excluding diaryl/α,β-unsaturated/α-hetero) is 1. The quantitative estimate of drug-likeness (QED) is 0.705. The van der Waals surface area contributed by atoms with Gasteiger partial charge in [0.1, 0.15) is 0 Å². The summed E-state index contributed by atoms with van der Waals surface area (Å²) in [6, 6.07) is 9.53. The standard InChI is InChI=1S/C21H19ClF3NO2/c1-13-9-15(12-16(10-13)21(23,24)25)20(28)26-8-2-3-18(26)19(27)11-14-4-6-17(22)7-5-14/h4-7,9-10,12,18H,2-3,8,11H2,1H3. The van der Waals surface area contributed by atoms with Gasteiger partial charge in [0.25, 0.3) is 5.91 Å². The summed E-state index contributed by atoms with van der Waals surface area (Å²) in [5.74, 6) is -0.668. The lowest BCUT2D eigenvalue weighted by atomic mass is 10.0. The lowest BCUT2D eigenvalue weighted by molar-refractivity contribution is -0.137. The van der Waals surface area contributed by atoms with E-state index < -0.39 is 23.7 Å². The molecule has 1 heterocycles. The first-order valence-electron chi connectivity index (χ1n) is 8.92. The smallest absolute Gasteiger partial charge is 0.329 e. The monoisotopic (exact) mass is 409 g/mol. The fourth-order valence-electron chi connectivity index (χ4n) is 3.50. The summed E-state index contributed by atoms with van der Waals surface area (Å²) in [5.41, 5.74) is 0.225. The molecule has 1 unspecified atom stereocenters. The Morgan fingerprint density at radius 3 is 2.46 bits per heavy atom. The Morgan fingerprint density at radius 2 is 1.82 bits per heavy atom. The maximum atomic E-state index is 13.1. The van der Waals surface area contributed by atoms with Crippen molar-refractivity contribution in [1.82, 2.24) is 4.90 Å². The molecule has 0 radical (unpaired) electrons. The molecule has 1 atom stereocenters. The second-order valence-electron chi connectivity index (χ2n) is 7.01. The van der Waals surface area contributed by atoms with Gasteiger partial charge in [0.05, 0.1) is 11.6 Å². The molecule has 0 bridgehead atoms. The molecular weight excluding hydrogens is 391 g/mol. The van der Waals surface area contributed by atoms with Crippen LogP contribution in [0.15, 0.2) is 42.5 Å². The van der Waals surface area contributed by atoms with Gasteiger partial charge in [-0.3, -0.25) is 9.59 Å². The average Bonchev–Trinajstić information content (AvgIpc) is 3.11. The fourth-order valence-corrected chi connectivity index (χ4v) is 3.63. The van der Waals surface area contributed by atoms with Gasteiger partial charge in [-0.1, -0.05) is 23.7 Å². The topological polar surface area (TPSA) is 37.4 Å². The normalized spacial score (nSPS) is 17.0. The van der Waals surface area contributed by atoms with E-state index in [-0.39, 0.29) is 17.8 Å². The van der Waals surface area contributed by atoms with E-state index in [4.69, 9.17) is 11.6 Å². The Bertz CT molecular complexity index is 894. The van der Waals surface area contributed by atoms with Crippen molar-refractivity contribution in [2.75, 3.05) is 6.54 Å². The highest BCUT2D eigenvalue weighted by Crippen LogP contribution is 2.31. The van der Waals surface area contributed by atoms with Crippen LogP contribution in [0.4, 0.5) is 13.2 Å². The second kappa shape index (κ2) is 7.95. The van der Waals surface area contributed by atoms with Gasteiger partial charge >= 0.3 is 6.18 Å². The zero-order chi connectivity index (χ0) is 20.5. The molecule has 0 aromatic heterocycles. The summed E-state index contributed by atoms with van der Waals surface area (Å²) in [6.45, 7) is 1.87. The number of carbonyl (C=O) groups is 2. The predicted molar refractivity (Wildman–Crippen MR) is 100 cm³/mol. The van der Waals surface area contributed by atoms with Crippen LogP contribution < -0.4 is 0 Å². The molecule has 2 aromatic carbocycles. The van der Waals surface area contributed by atoms with E-state index in [1.807, 2.05) is 0 Å². The SMILES string of the molecule is Cc1cc(C(=O)N2CCCC2C(=O)Cc2ccc(Cl)cc2)cc(C(F)(F)F)c1. The van der Waals surface area contributed by atoms with Crippen LogP contribution in [-0.4, -0.2) is 29.2 Å². The van der Waals surface area contributed by atoms with Crippen LogP contribution in [0.5, 0.6) is 0 Å². The number of carbonyl (C=O) groups excluding carboxylic acids is 2. The molecule has 1 saturated heterocycles. The Hall–Kier alpha value is -2.34. The largest absolute Gasteiger partial charge is 0.416 e. The highest BCUT2D eigenvalue weighted by atomic mass is 35.5. The minimum absolute atomic E-state index is 0.0430. The molecule has 1 aliphatic heterocycles. The first-order valence-corrected chi connectivity index (χ1v) is 9.30. The van der Waals surface area contributed by atoms with Gasteiger partial charge in [-0.2, -0.15) is 13.2 Å². The van der Waals surface area contributed by atoms with E-state index in [1.54, 1.807) is 24.3 Å². The maximum absolute atomic E-state index is 13.1. The number of halogens is 4. The van der Waals surface area contributed by atoms with Crippen molar-refractivity contribution in [3.63, 3.8) is 0 Å². The summed E-state index contributed by atoms with van der Waals surface area (Å²) in [5, 5.41) is 0.564. The third-order valence-electron chi connectivity index (χ3n) is 4.83. The third-order valence-corrected chi connectivity index (χ3v) is 5.08. The van der Waals surface area contributed by atoms with Crippen molar-refractivity contribution in [1.29, 1.82) is 0 Å². The number of benzene rings is 2. The molecule has 1 aliphatic rings. The number of amides is 1. The fraction of sp³-hybridized carbons (Fsp3) is 0.333. The van der Waals surface area contributed by atoms with Gasteiger partial charge < -0.3 is 4.90 Å². The lowest BCUT2D eigenvalue weighted by Gasteiger charge is -2.24. The first-order chi connectivity index (χ1) is 13.1. The summed E-state index contributed by atoms with van der Waals surface area (Å²) in [4.78, 5) is 27.0. The van der Waals surface area contributed by atoms with Crippen molar-refractivity contribution in [3.05, 3.63) is 69.7 Å². The number of hydrogen-bond acceptors (Lipinski definition) is 2. The molecule has 7 heteroatoms. The molecule has 3 rings (SSSR count). The van der Waals surface area contributed by atoms with Gasteiger partial charge in [0, 0.05) is 23.6 Å². The third kappa shape index (κ3) is 4.55. The number of nitrogens with zero attached hydrogens (tertiary/aromatic N) is 1. The van der Waals surface area contributed by atoms with E-state index >= 15 is 0 Å². The van der Waals surface area contributed by atoms with Crippen molar-refractivity contribution < 1.29 is 22.8 Å². The van der Waals surface area contributed by atoms with Crippen LogP contribution in [0.3, 0.4) is 0 Å². The van der Waals surface area contributed by atoms with Gasteiger partial charge in [-0.15, -0.1) is 0 Å². The Morgan fingerprint density at radius 1 is 1.14 bits per heavy atom. The molecular formula is C21H19ClF3NO2. The maximum Gasteiger partial charge on any atom is 0.416 e. The minimum atomic E-state index is -4.53. The number of hydrogen-bond donors (Lipinski definition) is 0. The highest BCUT2D eigenvalue weighted by molar-refractivity contribution is 6.30. The van der Waals surface area contributed by atoms with E-state index in [1.165, 1.54) is 17.9 Å². The molecule has 0 aliphatic carbocycles. The van der Waals surface area contributed by atoms with Crippen LogP contribution in [0.25, 0.3) is 0 Å². The van der Waals surface area contributed by atoms with Crippen LogP contribution in [0.1, 0.15) is 39.9 Å². The van der Waals surface area contributed by atoms with Crippen molar-refractivity contribution in [2.45, 2.75) is 38.4 Å². The molecule has 2 aromatic rings. The van der Waals surface area contributed by atoms with Crippen LogP contribution >= 0.6 is 11.6 Å². The second-order valence-corrected chi connectivity index (χ2v) is 7.45. The van der Waals surface area contributed by atoms with Crippen molar-refractivity contribution in [3.8, 4) is 0 Å². The minimum Gasteiger partial charge on any atom is -0.329 e. The predicted octanol–water partition coefficient (Wildman–Crippen LogP) is 5.08. The summed E-state index contributed by atoms with van der Waals surface area (Å²) < 4.78 is 39.2.